The number of carbonyl (C=O) groups is 2. The summed E-state index contributed by atoms with van der Waals surface area (Å²) in [5.74, 6) is -0.408. The van der Waals surface area contributed by atoms with Crippen molar-refractivity contribution in [1.82, 2.24) is 4.90 Å². The molecule has 1 N–H and O–H groups in total. The fourth-order valence-corrected chi connectivity index (χ4v) is 1.87. The number of aromatic carboxylic acids is 1. The van der Waals surface area contributed by atoms with Gasteiger partial charge >= 0.3 is 12.1 Å². The van der Waals surface area contributed by atoms with E-state index in [-0.39, 0.29) is 18.8 Å². The van der Waals surface area contributed by atoms with Gasteiger partial charge in [0.25, 0.3) is 0 Å². The third kappa shape index (κ3) is 4.91. The lowest BCUT2D eigenvalue weighted by Gasteiger charge is -2.26. The average Bonchev–Trinajstić information content (AvgIpc) is 3.07. The predicted molar refractivity (Wildman–Crippen MR) is 79.9 cm³/mol. The van der Waals surface area contributed by atoms with Crippen molar-refractivity contribution < 1.29 is 28.3 Å². The van der Waals surface area contributed by atoms with Gasteiger partial charge in [0.2, 0.25) is 5.76 Å². The van der Waals surface area contributed by atoms with Crippen LogP contribution in [0.1, 0.15) is 42.8 Å². The molecule has 0 bridgehead atoms. The lowest BCUT2D eigenvalue weighted by Crippen LogP contribution is -2.35. The zero-order valence-corrected chi connectivity index (χ0v) is 13.2. The molecule has 0 aliphatic heterocycles. The van der Waals surface area contributed by atoms with Crippen molar-refractivity contribution in [3.8, 4) is 0 Å². The molecule has 0 aromatic carbocycles. The van der Waals surface area contributed by atoms with Gasteiger partial charge in [0.1, 0.15) is 17.1 Å². The van der Waals surface area contributed by atoms with E-state index < -0.39 is 17.7 Å². The fourth-order valence-electron chi connectivity index (χ4n) is 1.87. The van der Waals surface area contributed by atoms with Crippen LogP contribution in [0.5, 0.6) is 0 Å². The van der Waals surface area contributed by atoms with Crippen LogP contribution >= 0.6 is 0 Å². The van der Waals surface area contributed by atoms with Crippen molar-refractivity contribution in [3.05, 3.63) is 47.8 Å². The minimum atomic E-state index is -1.16. The number of amides is 1. The monoisotopic (exact) mass is 321 g/mol. The molecule has 0 saturated carbocycles. The van der Waals surface area contributed by atoms with Gasteiger partial charge in [0.05, 0.1) is 19.4 Å². The van der Waals surface area contributed by atoms with Crippen molar-refractivity contribution in [2.24, 2.45) is 0 Å². The van der Waals surface area contributed by atoms with E-state index in [1.54, 1.807) is 32.9 Å². The molecule has 124 valence electrons. The second kappa shape index (κ2) is 6.60. The van der Waals surface area contributed by atoms with Crippen LogP contribution in [0.15, 0.2) is 39.4 Å². The molecular weight excluding hydrogens is 302 g/mol. The van der Waals surface area contributed by atoms with Crippen molar-refractivity contribution >= 4 is 12.1 Å². The largest absolute Gasteiger partial charge is 0.475 e. The van der Waals surface area contributed by atoms with E-state index in [0.717, 1.165) is 0 Å². The number of carboxylic acids is 1. The molecule has 7 nitrogen and oxygen atoms in total. The van der Waals surface area contributed by atoms with Crippen LogP contribution in [0.2, 0.25) is 0 Å². The van der Waals surface area contributed by atoms with Crippen LogP contribution in [0.3, 0.4) is 0 Å². The topological polar surface area (TPSA) is 93.1 Å². The van der Waals surface area contributed by atoms with E-state index in [4.69, 9.17) is 18.7 Å². The number of rotatable bonds is 5. The number of nitrogens with zero attached hydrogens (tertiary/aromatic N) is 1. The number of carboxylic acid groups (broad SMARTS) is 1. The molecule has 2 heterocycles. The summed E-state index contributed by atoms with van der Waals surface area (Å²) in [6.07, 6.45) is 0.972. The van der Waals surface area contributed by atoms with Crippen molar-refractivity contribution in [3.63, 3.8) is 0 Å². The van der Waals surface area contributed by atoms with E-state index in [9.17, 15) is 9.59 Å². The van der Waals surface area contributed by atoms with Gasteiger partial charge in [-0.3, -0.25) is 4.90 Å². The standard InChI is InChI=1S/C16H19NO6/c1-16(2,3)23-15(20)17(9-11-5-4-8-21-11)10-12-6-7-13(22-12)14(18)19/h4-8H,9-10H2,1-3H3,(H,18,19). The van der Waals surface area contributed by atoms with Crippen molar-refractivity contribution in [1.29, 1.82) is 0 Å². The Bertz CT molecular complexity index is 665. The Morgan fingerprint density at radius 1 is 1.17 bits per heavy atom. The van der Waals surface area contributed by atoms with Gasteiger partial charge < -0.3 is 18.7 Å². The Morgan fingerprint density at radius 2 is 1.87 bits per heavy atom. The third-order valence-electron chi connectivity index (χ3n) is 2.80. The van der Waals surface area contributed by atoms with E-state index >= 15 is 0 Å². The molecular formula is C16H19NO6. The zero-order chi connectivity index (χ0) is 17.0. The molecule has 1 amide bonds. The summed E-state index contributed by atoms with van der Waals surface area (Å²) in [4.78, 5) is 24.6. The Hall–Kier alpha value is -2.70. The number of hydrogen-bond donors (Lipinski definition) is 1. The number of carbonyl (C=O) groups excluding carboxylic acids is 1. The molecule has 0 atom stereocenters. The molecule has 0 fully saturated rings. The van der Waals surface area contributed by atoms with Crippen LogP contribution in [-0.2, 0) is 17.8 Å². The smallest absolute Gasteiger partial charge is 0.411 e. The fraction of sp³-hybridized carbons (Fsp3) is 0.375. The van der Waals surface area contributed by atoms with Crippen molar-refractivity contribution in [2.75, 3.05) is 0 Å². The van der Waals surface area contributed by atoms with Gasteiger partial charge in [0.15, 0.2) is 0 Å². The average molecular weight is 321 g/mol. The molecule has 0 radical (unpaired) electrons. The molecule has 2 rings (SSSR count). The maximum atomic E-state index is 12.3. The molecule has 7 heteroatoms. The van der Waals surface area contributed by atoms with Crippen LogP contribution in [-0.4, -0.2) is 27.7 Å². The summed E-state index contributed by atoms with van der Waals surface area (Å²) < 4.78 is 15.8. The van der Waals surface area contributed by atoms with Crippen molar-refractivity contribution in [2.45, 2.75) is 39.5 Å². The molecule has 0 unspecified atom stereocenters. The van der Waals surface area contributed by atoms with Gasteiger partial charge in [-0.15, -0.1) is 0 Å². The quantitative estimate of drug-likeness (QED) is 0.905. The molecule has 23 heavy (non-hydrogen) atoms. The molecule has 2 aromatic heterocycles. The minimum Gasteiger partial charge on any atom is -0.475 e. The van der Waals surface area contributed by atoms with Crippen LogP contribution < -0.4 is 0 Å². The van der Waals surface area contributed by atoms with E-state index in [1.807, 2.05) is 0 Å². The molecule has 0 aliphatic carbocycles. The first-order valence-corrected chi connectivity index (χ1v) is 7.07. The summed E-state index contributed by atoms with van der Waals surface area (Å²) in [6.45, 7) is 5.57. The highest BCUT2D eigenvalue weighted by Gasteiger charge is 2.24. The SMILES string of the molecule is CC(C)(C)OC(=O)N(Cc1ccco1)Cc1ccc(C(=O)O)o1. The summed E-state index contributed by atoms with van der Waals surface area (Å²) in [5.41, 5.74) is -0.645. The lowest BCUT2D eigenvalue weighted by molar-refractivity contribution is 0.0190. The minimum absolute atomic E-state index is 0.0723. The first kappa shape index (κ1) is 16.7. The highest BCUT2D eigenvalue weighted by atomic mass is 16.6. The van der Waals surface area contributed by atoms with E-state index in [0.29, 0.717) is 11.5 Å². The highest BCUT2D eigenvalue weighted by Crippen LogP contribution is 2.17. The van der Waals surface area contributed by atoms with Gasteiger partial charge in [-0.2, -0.15) is 0 Å². The van der Waals surface area contributed by atoms with Gasteiger partial charge in [-0.1, -0.05) is 0 Å². The number of furan rings is 2. The number of ether oxygens (including phenoxy) is 1. The number of hydrogen-bond acceptors (Lipinski definition) is 5. The summed E-state index contributed by atoms with van der Waals surface area (Å²) in [5, 5.41) is 8.89. The van der Waals surface area contributed by atoms with Gasteiger partial charge in [0, 0.05) is 0 Å². The first-order valence-electron chi connectivity index (χ1n) is 7.07. The summed E-state index contributed by atoms with van der Waals surface area (Å²) in [7, 11) is 0. The maximum Gasteiger partial charge on any atom is 0.411 e. The third-order valence-corrected chi connectivity index (χ3v) is 2.80. The second-order valence-electron chi connectivity index (χ2n) is 5.99. The molecule has 0 aliphatic rings. The van der Waals surface area contributed by atoms with Crippen LogP contribution in [0.4, 0.5) is 4.79 Å². The molecule has 0 saturated heterocycles. The Labute approximate surface area is 133 Å². The Kier molecular flexibility index (Phi) is 4.78. The van der Waals surface area contributed by atoms with Gasteiger partial charge in [-0.25, -0.2) is 9.59 Å². The van der Waals surface area contributed by atoms with E-state index in [1.165, 1.54) is 23.3 Å². The van der Waals surface area contributed by atoms with Crippen LogP contribution in [0, 0.1) is 0 Å². The zero-order valence-electron chi connectivity index (χ0n) is 13.2. The lowest BCUT2D eigenvalue weighted by atomic mass is 10.2. The Balaban J connectivity index is 2.14. The highest BCUT2D eigenvalue weighted by molar-refractivity contribution is 5.84. The first-order chi connectivity index (χ1) is 10.7. The normalized spacial score (nSPS) is 11.3. The van der Waals surface area contributed by atoms with E-state index in [2.05, 4.69) is 0 Å². The van der Waals surface area contributed by atoms with Gasteiger partial charge in [-0.05, 0) is 45.0 Å². The summed E-state index contributed by atoms with van der Waals surface area (Å²) in [6, 6.07) is 6.32. The second-order valence-corrected chi connectivity index (χ2v) is 5.99. The van der Waals surface area contributed by atoms with Crippen LogP contribution in [0.25, 0.3) is 0 Å². The Morgan fingerprint density at radius 3 is 2.39 bits per heavy atom. The maximum absolute atomic E-state index is 12.3. The predicted octanol–water partition coefficient (Wildman–Crippen LogP) is 3.51. The molecule has 2 aromatic rings. The summed E-state index contributed by atoms with van der Waals surface area (Å²) >= 11 is 0. The molecule has 0 spiro atoms.